The summed E-state index contributed by atoms with van der Waals surface area (Å²) in [4.78, 5) is 2.52. The quantitative estimate of drug-likeness (QED) is 0.766. The van der Waals surface area contributed by atoms with Gasteiger partial charge in [0.1, 0.15) is 0 Å². The van der Waals surface area contributed by atoms with Crippen molar-refractivity contribution in [3.63, 3.8) is 0 Å². The second kappa shape index (κ2) is 6.88. The van der Waals surface area contributed by atoms with E-state index in [9.17, 15) is 5.11 Å². The summed E-state index contributed by atoms with van der Waals surface area (Å²) >= 11 is 0. The molecule has 0 spiro atoms. The van der Waals surface area contributed by atoms with Gasteiger partial charge in [0.2, 0.25) is 0 Å². The molecule has 0 aliphatic carbocycles. The molecule has 0 saturated carbocycles. The van der Waals surface area contributed by atoms with Crippen LogP contribution in [0.2, 0.25) is 0 Å². The van der Waals surface area contributed by atoms with E-state index in [2.05, 4.69) is 4.90 Å². The number of hydrogen-bond donors (Lipinski definition) is 1. The first kappa shape index (κ1) is 14.3. The maximum Gasteiger partial charge on any atom is 0.0644 e. The van der Waals surface area contributed by atoms with Crippen LogP contribution in [0.5, 0.6) is 0 Å². The van der Waals surface area contributed by atoms with Crippen molar-refractivity contribution in [3.8, 4) is 0 Å². The molecule has 2 aliphatic heterocycles. The van der Waals surface area contributed by atoms with Crippen LogP contribution in [-0.4, -0.2) is 48.5 Å². The highest BCUT2D eigenvalue weighted by molar-refractivity contribution is 4.81. The molecule has 18 heavy (non-hydrogen) atoms. The van der Waals surface area contributed by atoms with E-state index in [1.54, 1.807) is 0 Å². The van der Waals surface area contributed by atoms with Gasteiger partial charge in [0, 0.05) is 26.3 Å². The summed E-state index contributed by atoms with van der Waals surface area (Å²) in [5.74, 6) is 0.917. The Labute approximate surface area is 112 Å². The molecule has 106 valence electrons. The summed E-state index contributed by atoms with van der Waals surface area (Å²) in [5.41, 5.74) is -0.404. The summed E-state index contributed by atoms with van der Waals surface area (Å²) in [6, 6.07) is 0. The minimum absolute atomic E-state index is 0.404. The number of aliphatic hydroxyl groups is 1. The van der Waals surface area contributed by atoms with Gasteiger partial charge in [-0.15, -0.1) is 0 Å². The maximum atomic E-state index is 9.90. The summed E-state index contributed by atoms with van der Waals surface area (Å²) in [6.45, 7) is 7.29. The molecular weight excluding hydrogens is 226 g/mol. The third kappa shape index (κ3) is 4.87. The molecule has 2 heterocycles. The lowest BCUT2D eigenvalue weighted by atomic mass is 9.92. The molecule has 0 aromatic heterocycles. The van der Waals surface area contributed by atoms with E-state index in [1.807, 2.05) is 6.92 Å². The van der Waals surface area contributed by atoms with Crippen molar-refractivity contribution in [2.45, 2.75) is 57.5 Å². The largest absolute Gasteiger partial charge is 0.390 e. The van der Waals surface area contributed by atoms with Crippen LogP contribution in [-0.2, 0) is 4.74 Å². The van der Waals surface area contributed by atoms with Crippen LogP contribution in [0.3, 0.4) is 0 Å². The molecule has 0 aromatic carbocycles. The zero-order valence-corrected chi connectivity index (χ0v) is 11.9. The number of ether oxygens (including phenoxy) is 1. The van der Waals surface area contributed by atoms with Crippen LogP contribution in [0.25, 0.3) is 0 Å². The van der Waals surface area contributed by atoms with Crippen molar-refractivity contribution in [2.75, 3.05) is 32.8 Å². The van der Waals surface area contributed by atoms with E-state index in [4.69, 9.17) is 4.74 Å². The Morgan fingerprint density at radius 2 is 1.83 bits per heavy atom. The van der Waals surface area contributed by atoms with Gasteiger partial charge in [-0.25, -0.2) is 0 Å². The number of likely N-dealkylation sites (tertiary alicyclic amines) is 1. The molecule has 1 N–H and O–H groups in total. The van der Waals surface area contributed by atoms with E-state index < -0.39 is 5.60 Å². The van der Waals surface area contributed by atoms with E-state index in [-0.39, 0.29) is 0 Å². The molecule has 2 saturated heterocycles. The zero-order valence-electron chi connectivity index (χ0n) is 11.9. The van der Waals surface area contributed by atoms with Gasteiger partial charge in [-0.05, 0) is 51.5 Å². The Balaban J connectivity index is 1.50. The van der Waals surface area contributed by atoms with E-state index in [1.165, 1.54) is 38.6 Å². The molecule has 0 radical (unpaired) electrons. The van der Waals surface area contributed by atoms with Crippen LogP contribution < -0.4 is 0 Å². The maximum absolute atomic E-state index is 9.90. The number of rotatable bonds is 5. The van der Waals surface area contributed by atoms with Gasteiger partial charge in [-0.3, -0.25) is 0 Å². The van der Waals surface area contributed by atoms with Gasteiger partial charge in [0.25, 0.3) is 0 Å². The lowest BCUT2D eigenvalue weighted by Crippen LogP contribution is -2.42. The molecule has 3 heteroatoms. The smallest absolute Gasteiger partial charge is 0.0644 e. The predicted molar refractivity (Wildman–Crippen MR) is 73.7 cm³/mol. The summed E-state index contributed by atoms with van der Waals surface area (Å²) in [5, 5.41) is 9.90. The monoisotopic (exact) mass is 255 g/mol. The van der Waals surface area contributed by atoms with Gasteiger partial charge < -0.3 is 14.7 Å². The van der Waals surface area contributed by atoms with Crippen LogP contribution in [0.15, 0.2) is 0 Å². The minimum Gasteiger partial charge on any atom is -0.390 e. The average Bonchev–Trinajstić information content (AvgIpc) is 2.37. The van der Waals surface area contributed by atoms with Gasteiger partial charge in [0.05, 0.1) is 5.60 Å². The van der Waals surface area contributed by atoms with Gasteiger partial charge >= 0.3 is 0 Å². The SMILES string of the molecule is CC1(O)CCN(CCCCC2CCOCC2)CC1. The molecule has 2 rings (SSSR count). The third-order valence-electron chi connectivity index (χ3n) is 4.61. The number of nitrogens with zero attached hydrogens (tertiary/aromatic N) is 1. The molecule has 0 amide bonds. The summed E-state index contributed by atoms with van der Waals surface area (Å²) in [6.07, 6.45) is 8.48. The Hall–Kier alpha value is -0.120. The van der Waals surface area contributed by atoms with E-state index in [0.717, 1.165) is 45.1 Å². The Morgan fingerprint density at radius 3 is 2.50 bits per heavy atom. The second-order valence-corrected chi connectivity index (χ2v) is 6.39. The van der Waals surface area contributed by atoms with Crippen molar-refractivity contribution in [3.05, 3.63) is 0 Å². The van der Waals surface area contributed by atoms with E-state index >= 15 is 0 Å². The van der Waals surface area contributed by atoms with Crippen LogP contribution in [0.1, 0.15) is 51.9 Å². The predicted octanol–water partition coefficient (Wildman–Crippen LogP) is 2.43. The number of unbranched alkanes of at least 4 members (excludes halogenated alkanes) is 1. The van der Waals surface area contributed by atoms with Gasteiger partial charge in [0.15, 0.2) is 0 Å². The van der Waals surface area contributed by atoms with Gasteiger partial charge in [-0.2, -0.15) is 0 Å². The van der Waals surface area contributed by atoms with Crippen molar-refractivity contribution >= 4 is 0 Å². The molecular formula is C15H29NO2. The van der Waals surface area contributed by atoms with Crippen LogP contribution >= 0.6 is 0 Å². The highest BCUT2D eigenvalue weighted by atomic mass is 16.5. The highest BCUT2D eigenvalue weighted by Crippen LogP contribution is 2.23. The topological polar surface area (TPSA) is 32.7 Å². The van der Waals surface area contributed by atoms with Crippen molar-refractivity contribution in [1.29, 1.82) is 0 Å². The fourth-order valence-electron chi connectivity index (χ4n) is 3.06. The van der Waals surface area contributed by atoms with Crippen LogP contribution in [0, 0.1) is 5.92 Å². The van der Waals surface area contributed by atoms with Gasteiger partial charge in [-0.1, -0.05) is 12.8 Å². The first-order valence-electron chi connectivity index (χ1n) is 7.68. The normalized spacial score (nSPS) is 26.3. The zero-order chi connectivity index (χ0) is 12.8. The third-order valence-corrected chi connectivity index (χ3v) is 4.61. The molecule has 0 atom stereocenters. The van der Waals surface area contributed by atoms with Crippen molar-refractivity contribution < 1.29 is 9.84 Å². The number of piperidine rings is 1. The minimum atomic E-state index is -0.404. The summed E-state index contributed by atoms with van der Waals surface area (Å²) < 4.78 is 5.39. The molecule has 3 nitrogen and oxygen atoms in total. The lowest BCUT2D eigenvalue weighted by molar-refractivity contribution is -0.00569. The highest BCUT2D eigenvalue weighted by Gasteiger charge is 2.26. The van der Waals surface area contributed by atoms with Crippen molar-refractivity contribution in [1.82, 2.24) is 4.90 Å². The fraction of sp³-hybridized carbons (Fsp3) is 1.00. The summed E-state index contributed by atoms with van der Waals surface area (Å²) in [7, 11) is 0. The van der Waals surface area contributed by atoms with Crippen LogP contribution in [0.4, 0.5) is 0 Å². The Bertz CT molecular complexity index is 227. The first-order chi connectivity index (χ1) is 8.66. The molecule has 0 unspecified atom stereocenters. The molecule has 2 fully saturated rings. The fourth-order valence-corrected chi connectivity index (χ4v) is 3.06. The van der Waals surface area contributed by atoms with E-state index in [0.29, 0.717) is 0 Å². The average molecular weight is 255 g/mol. The Morgan fingerprint density at radius 1 is 1.17 bits per heavy atom. The number of hydrogen-bond acceptors (Lipinski definition) is 3. The second-order valence-electron chi connectivity index (χ2n) is 6.39. The molecule has 0 aromatic rings. The van der Waals surface area contributed by atoms with Crippen molar-refractivity contribution in [2.24, 2.45) is 5.92 Å². The molecule has 0 bridgehead atoms. The Kier molecular flexibility index (Phi) is 5.46. The standard InChI is InChI=1S/C15H29NO2/c1-15(17)7-10-16(11-8-15)9-3-2-4-14-5-12-18-13-6-14/h14,17H,2-13H2,1H3. The lowest BCUT2D eigenvalue weighted by Gasteiger charge is -2.35. The first-order valence-corrected chi connectivity index (χ1v) is 7.68. The molecule has 2 aliphatic rings.